The molecule has 0 saturated carbocycles. The summed E-state index contributed by atoms with van der Waals surface area (Å²) in [5.41, 5.74) is 4.57. The molecule has 1 aliphatic heterocycles. The molecule has 0 aliphatic carbocycles. The summed E-state index contributed by atoms with van der Waals surface area (Å²) in [5, 5.41) is 8.59. The third-order valence-corrected chi connectivity index (χ3v) is 8.24. The molecule has 13 heteroatoms. The molecule has 4 aromatic rings. The average molecular weight is 653 g/mol. The number of thiocarbonyl (C=S) groups is 1. The summed E-state index contributed by atoms with van der Waals surface area (Å²) < 4.78 is 42.8. The molecule has 1 fully saturated rings. The number of nitrogens with one attached hydrogen (secondary N) is 1. The lowest BCUT2D eigenvalue weighted by atomic mass is 9.93. The summed E-state index contributed by atoms with van der Waals surface area (Å²) in [6.45, 7) is 10.2. The fourth-order valence-corrected chi connectivity index (χ4v) is 6.09. The topological polar surface area (TPSA) is 84.6 Å². The van der Waals surface area contributed by atoms with Gasteiger partial charge in [-0.25, -0.2) is 9.67 Å². The van der Waals surface area contributed by atoms with E-state index in [-0.39, 0.29) is 22.7 Å². The van der Waals surface area contributed by atoms with Crippen molar-refractivity contribution in [2.45, 2.75) is 52.4 Å². The Labute approximate surface area is 268 Å². The van der Waals surface area contributed by atoms with Gasteiger partial charge in [0.2, 0.25) is 5.91 Å². The summed E-state index contributed by atoms with van der Waals surface area (Å²) in [6.07, 6.45) is -3.27. The number of aromatic nitrogens is 3. The van der Waals surface area contributed by atoms with Gasteiger partial charge in [0.1, 0.15) is 12.1 Å². The number of ether oxygens (including phenoxy) is 1. The number of amides is 1. The third kappa shape index (κ3) is 7.54. The van der Waals surface area contributed by atoms with Gasteiger partial charge in [-0.2, -0.15) is 4.99 Å². The predicted octanol–water partition coefficient (Wildman–Crippen LogP) is 7.51. The maximum atomic E-state index is 13.0. The minimum absolute atomic E-state index is 0.0348. The van der Waals surface area contributed by atoms with E-state index in [1.54, 1.807) is 4.90 Å². The van der Waals surface area contributed by atoms with Gasteiger partial charge in [0.25, 0.3) is 0 Å². The number of halogens is 3. The van der Waals surface area contributed by atoms with Gasteiger partial charge in [0, 0.05) is 5.56 Å². The normalized spacial score (nSPS) is 14.8. The Morgan fingerprint density at radius 3 is 2.40 bits per heavy atom. The van der Waals surface area contributed by atoms with Crippen LogP contribution in [0.1, 0.15) is 50.3 Å². The first-order valence-electron chi connectivity index (χ1n) is 14.1. The maximum absolute atomic E-state index is 13.0. The van der Waals surface area contributed by atoms with E-state index >= 15 is 0 Å². The number of benzene rings is 3. The summed E-state index contributed by atoms with van der Waals surface area (Å²) >= 11 is 7.00. The minimum Gasteiger partial charge on any atom is -0.406 e. The van der Waals surface area contributed by atoms with Crippen molar-refractivity contribution in [3.05, 3.63) is 89.7 Å². The second kappa shape index (κ2) is 12.6. The first-order chi connectivity index (χ1) is 21.2. The lowest BCUT2D eigenvalue weighted by Gasteiger charge is -2.28. The van der Waals surface area contributed by atoms with Crippen LogP contribution in [0.15, 0.2) is 78.0 Å². The molecule has 8 nitrogen and oxygen atoms in total. The average Bonchev–Trinajstić information content (AvgIpc) is 3.59. The highest BCUT2D eigenvalue weighted by molar-refractivity contribution is 8.15. The first-order valence-corrected chi connectivity index (χ1v) is 15.5. The third-order valence-electron chi connectivity index (χ3n) is 7.12. The fourth-order valence-electron chi connectivity index (χ4n) is 4.83. The van der Waals surface area contributed by atoms with Crippen molar-refractivity contribution in [1.29, 1.82) is 0 Å². The quantitative estimate of drug-likeness (QED) is 0.207. The zero-order chi connectivity index (χ0) is 32.5. The SMILES string of the molecule is Cc1ccc(C(C)C)c(N2C(=O)CS/C2=N\C(=S)NC(C)(C)c2ccc(-c3ncn(-c4ccc(OC(F)(F)F)cc4)n3)cc2)c1. The van der Waals surface area contributed by atoms with Crippen LogP contribution in [0.5, 0.6) is 5.75 Å². The van der Waals surface area contributed by atoms with E-state index < -0.39 is 11.9 Å². The van der Waals surface area contributed by atoms with E-state index in [1.165, 1.54) is 47.0 Å². The molecule has 1 saturated heterocycles. The van der Waals surface area contributed by atoms with Crippen LogP contribution in [0.3, 0.4) is 0 Å². The van der Waals surface area contributed by atoms with Gasteiger partial charge in [-0.3, -0.25) is 9.69 Å². The number of aliphatic imine (C=N–C) groups is 1. The van der Waals surface area contributed by atoms with E-state index in [4.69, 9.17) is 12.2 Å². The number of rotatable bonds is 7. The van der Waals surface area contributed by atoms with Gasteiger partial charge in [-0.1, -0.05) is 62.0 Å². The Morgan fingerprint density at radius 2 is 1.76 bits per heavy atom. The number of thioether (sulfide) groups is 1. The molecule has 0 unspecified atom stereocenters. The van der Waals surface area contributed by atoms with Crippen molar-refractivity contribution in [2.24, 2.45) is 4.99 Å². The van der Waals surface area contributed by atoms with Crippen LogP contribution < -0.4 is 15.0 Å². The first kappa shape index (κ1) is 32.2. The molecular weight excluding hydrogens is 622 g/mol. The molecule has 0 bridgehead atoms. The van der Waals surface area contributed by atoms with E-state index in [2.05, 4.69) is 45.0 Å². The number of hydrogen-bond acceptors (Lipinski definition) is 6. The predicted molar refractivity (Wildman–Crippen MR) is 175 cm³/mol. The zero-order valence-electron chi connectivity index (χ0n) is 25.2. The summed E-state index contributed by atoms with van der Waals surface area (Å²) in [7, 11) is 0. The molecule has 2 heterocycles. The molecule has 234 valence electrons. The molecule has 1 amide bonds. The number of amidine groups is 1. The van der Waals surface area contributed by atoms with Crippen LogP contribution in [0.25, 0.3) is 17.1 Å². The molecule has 1 aromatic heterocycles. The molecule has 3 aromatic carbocycles. The Hall–Kier alpha value is -4.23. The standard InChI is InChI=1S/C32H31F3N6O2S2/c1-19(2)25-15-6-20(3)16-26(25)41-27(42)17-45-30(41)37-29(44)38-31(4,5)22-9-7-21(8-10-22)28-36-18-40(39-28)23-11-13-24(14-12-23)43-32(33,34)35/h6-16,18-19H,17H2,1-5H3,(H,38,44)/b37-30-. The highest BCUT2D eigenvalue weighted by atomic mass is 32.2. The number of nitrogens with zero attached hydrogens (tertiary/aromatic N) is 5. The number of alkyl halides is 3. The van der Waals surface area contributed by atoms with Crippen molar-refractivity contribution >= 4 is 45.9 Å². The molecule has 5 rings (SSSR count). The fraction of sp³-hybridized carbons (Fsp3) is 0.281. The second-order valence-electron chi connectivity index (χ2n) is 11.3. The van der Waals surface area contributed by atoms with Crippen molar-refractivity contribution in [3.8, 4) is 22.8 Å². The van der Waals surface area contributed by atoms with Gasteiger partial charge in [0.05, 0.1) is 22.7 Å². The van der Waals surface area contributed by atoms with Crippen LogP contribution in [-0.2, 0) is 10.3 Å². The van der Waals surface area contributed by atoms with Crippen LogP contribution in [0, 0.1) is 6.92 Å². The van der Waals surface area contributed by atoms with Crippen molar-refractivity contribution in [2.75, 3.05) is 10.7 Å². The Balaban J connectivity index is 1.29. The second-order valence-corrected chi connectivity index (χ2v) is 12.6. The molecular formula is C32H31F3N6O2S2. The number of anilines is 1. The van der Waals surface area contributed by atoms with Crippen LogP contribution in [0.2, 0.25) is 0 Å². The lowest BCUT2D eigenvalue weighted by molar-refractivity contribution is -0.274. The number of carbonyl (C=O) groups excluding carboxylic acids is 1. The van der Waals surface area contributed by atoms with Gasteiger partial charge in [-0.15, -0.1) is 18.3 Å². The number of carbonyl (C=O) groups is 1. The zero-order valence-corrected chi connectivity index (χ0v) is 26.8. The van der Waals surface area contributed by atoms with Gasteiger partial charge >= 0.3 is 6.36 Å². The Kier molecular flexibility index (Phi) is 9.04. The van der Waals surface area contributed by atoms with E-state index in [0.29, 0.717) is 22.4 Å². The maximum Gasteiger partial charge on any atom is 0.573 e. The number of hydrogen-bond donors (Lipinski definition) is 1. The van der Waals surface area contributed by atoms with Crippen molar-refractivity contribution in [3.63, 3.8) is 0 Å². The van der Waals surface area contributed by atoms with E-state index in [9.17, 15) is 18.0 Å². The van der Waals surface area contributed by atoms with Crippen LogP contribution >= 0.6 is 24.0 Å². The molecule has 1 N–H and O–H groups in total. The molecule has 1 aliphatic rings. The van der Waals surface area contributed by atoms with E-state index in [1.807, 2.05) is 57.2 Å². The minimum atomic E-state index is -4.76. The summed E-state index contributed by atoms with van der Waals surface area (Å²) in [4.78, 5) is 23.6. The Bertz CT molecular complexity index is 1750. The van der Waals surface area contributed by atoms with Gasteiger partial charge in [-0.05, 0) is 85.9 Å². The highest BCUT2D eigenvalue weighted by Crippen LogP contribution is 2.34. The monoisotopic (exact) mass is 652 g/mol. The summed E-state index contributed by atoms with van der Waals surface area (Å²) in [5.74, 6) is 0.615. The molecule has 0 radical (unpaired) electrons. The molecule has 0 atom stereocenters. The van der Waals surface area contributed by atoms with Gasteiger partial charge < -0.3 is 10.1 Å². The van der Waals surface area contributed by atoms with Crippen molar-refractivity contribution < 1.29 is 22.7 Å². The molecule has 45 heavy (non-hydrogen) atoms. The molecule has 0 spiro atoms. The summed E-state index contributed by atoms with van der Waals surface area (Å²) in [6, 6.07) is 19.1. The van der Waals surface area contributed by atoms with Crippen LogP contribution in [0.4, 0.5) is 18.9 Å². The van der Waals surface area contributed by atoms with Gasteiger partial charge in [0.15, 0.2) is 16.1 Å². The van der Waals surface area contributed by atoms with E-state index in [0.717, 1.165) is 27.9 Å². The largest absolute Gasteiger partial charge is 0.573 e. The Morgan fingerprint density at radius 1 is 1.07 bits per heavy atom. The van der Waals surface area contributed by atoms with Crippen LogP contribution in [-0.4, -0.2) is 43.1 Å². The highest BCUT2D eigenvalue weighted by Gasteiger charge is 2.33. The lowest BCUT2D eigenvalue weighted by Crippen LogP contribution is -2.40. The van der Waals surface area contributed by atoms with Crippen molar-refractivity contribution in [1.82, 2.24) is 20.1 Å². The number of aryl methyl sites for hydroxylation is 1. The smallest absolute Gasteiger partial charge is 0.406 e.